The molecule has 0 bridgehead atoms. The fourth-order valence-corrected chi connectivity index (χ4v) is 2.98. The van der Waals surface area contributed by atoms with Crippen LogP contribution in [0, 0.1) is 5.92 Å². The van der Waals surface area contributed by atoms with E-state index in [-0.39, 0.29) is 17.9 Å². The Hall–Kier alpha value is -2.93. The maximum absolute atomic E-state index is 12.5. The number of carbonyl (C=O) groups is 2. The highest BCUT2D eigenvalue weighted by atomic mass is 16.2. The number of benzene rings is 1. The second kappa shape index (κ2) is 9.32. The van der Waals surface area contributed by atoms with E-state index in [0.29, 0.717) is 18.8 Å². The van der Waals surface area contributed by atoms with Gasteiger partial charge in [0.15, 0.2) is 0 Å². The zero-order chi connectivity index (χ0) is 19.9. The molecule has 7 nitrogen and oxygen atoms in total. The van der Waals surface area contributed by atoms with Crippen molar-refractivity contribution >= 4 is 23.3 Å². The molecule has 1 saturated heterocycles. The minimum Gasteiger partial charge on any atom is -0.326 e. The van der Waals surface area contributed by atoms with Crippen molar-refractivity contribution < 1.29 is 9.59 Å². The topological polar surface area (TPSA) is 77.6 Å². The first-order chi connectivity index (χ1) is 13.5. The SMILES string of the molecule is CC(C)C(=O)Nc1ccc(NC(=O)N2CCN(Cc3cccnc3)CC2)cc1. The zero-order valence-corrected chi connectivity index (χ0v) is 16.4. The average Bonchev–Trinajstić information content (AvgIpc) is 2.70. The number of carbonyl (C=O) groups excluding carboxylic acids is 2. The van der Waals surface area contributed by atoms with Gasteiger partial charge in [0.2, 0.25) is 5.91 Å². The zero-order valence-electron chi connectivity index (χ0n) is 16.4. The van der Waals surface area contributed by atoms with E-state index in [9.17, 15) is 9.59 Å². The molecule has 1 aromatic heterocycles. The number of amides is 3. The van der Waals surface area contributed by atoms with Gasteiger partial charge in [-0.15, -0.1) is 0 Å². The molecule has 0 atom stereocenters. The molecule has 0 spiro atoms. The largest absolute Gasteiger partial charge is 0.326 e. The molecule has 1 aromatic carbocycles. The highest BCUT2D eigenvalue weighted by Crippen LogP contribution is 2.16. The lowest BCUT2D eigenvalue weighted by Crippen LogP contribution is -2.49. The van der Waals surface area contributed by atoms with Gasteiger partial charge in [0.05, 0.1) is 0 Å². The lowest BCUT2D eigenvalue weighted by molar-refractivity contribution is -0.118. The summed E-state index contributed by atoms with van der Waals surface area (Å²) in [5.41, 5.74) is 2.62. The van der Waals surface area contributed by atoms with Crippen molar-refractivity contribution in [3.05, 3.63) is 54.4 Å². The third-order valence-electron chi connectivity index (χ3n) is 4.72. The van der Waals surface area contributed by atoms with Gasteiger partial charge in [-0.1, -0.05) is 19.9 Å². The summed E-state index contributed by atoms with van der Waals surface area (Å²) >= 11 is 0. The monoisotopic (exact) mass is 381 g/mol. The van der Waals surface area contributed by atoms with Crippen LogP contribution in [0.25, 0.3) is 0 Å². The van der Waals surface area contributed by atoms with E-state index in [1.807, 2.05) is 31.0 Å². The van der Waals surface area contributed by atoms with Crippen molar-refractivity contribution in [1.29, 1.82) is 0 Å². The Kier molecular flexibility index (Phi) is 6.60. The van der Waals surface area contributed by atoms with Gasteiger partial charge in [-0.25, -0.2) is 4.79 Å². The number of aromatic nitrogens is 1. The molecule has 0 saturated carbocycles. The summed E-state index contributed by atoms with van der Waals surface area (Å²) in [6, 6.07) is 11.1. The van der Waals surface area contributed by atoms with Gasteiger partial charge in [0, 0.05) is 62.4 Å². The highest BCUT2D eigenvalue weighted by Gasteiger charge is 2.21. The number of rotatable bonds is 5. The second-order valence-electron chi connectivity index (χ2n) is 7.28. The first-order valence-electron chi connectivity index (χ1n) is 9.59. The first-order valence-corrected chi connectivity index (χ1v) is 9.59. The standard InChI is InChI=1S/C21H27N5O2/c1-16(2)20(27)23-18-5-7-19(8-6-18)24-21(28)26-12-10-25(11-13-26)15-17-4-3-9-22-14-17/h3-9,14,16H,10-13,15H2,1-2H3,(H,23,27)(H,24,28). The number of hydrogen-bond acceptors (Lipinski definition) is 4. The summed E-state index contributed by atoms with van der Waals surface area (Å²) in [4.78, 5) is 32.5. The maximum atomic E-state index is 12.5. The fourth-order valence-electron chi connectivity index (χ4n) is 2.98. The molecular weight excluding hydrogens is 354 g/mol. The molecule has 28 heavy (non-hydrogen) atoms. The number of piperazine rings is 1. The van der Waals surface area contributed by atoms with Crippen LogP contribution in [0.4, 0.5) is 16.2 Å². The minimum absolute atomic E-state index is 0.0269. The van der Waals surface area contributed by atoms with Gasteiger partial charge in [0.25, 0.3) is 0 Å². The Morgan fingerprint density at radius 1 is 1.00 bits per heavy atom. The number of urea groups is 1. The van der Waals surface area contributed by atoms with Crippen LogP contribution >= 0.6 is 0 Å². The summed E-state index contributed by atoms with van der Waals surface area (Å²) in [5, 5.41) is 5.76. The Bertz CT molecular complexity index is 784. The highest BCUT2D eigenvalue weighted by molar-refractivity contribution is 5.93. The third kappa shape index (κ3) is 5.53. The van der Waals surface area contributed by atoms with E-state index in [1.165, 1.54) is 5.56 Å². The van der Waals surface area contributed by atoms with Gasteiger partial charge < -0.3 is 15.5 Å². The van der Waals surface area contributed by atoms with E-state index in [0.717, 1.165) is 25.3 Å². The molecule has 3 rings (SSSR count). The minimum atomic E-state index is -0.0972. The molecule has 1 aliphatic heterocycles. The fraction of sp³-hybridized carbons (Fsp3) is 0.381. The summed E-state index contributed by atoms with van der Waals surface area (Å²) in [6.07, 6.45) is 3.66. The quantitative estimate of drug-likeness (QED) is 0.835. The molecule has 2 heterocycles. The molecule has 0 radical (unpaired) electrons. The smallest absolute Gasteiger partial charge is 0.321 e. The third-order valence-corrected chi connectivity index (χ3v) is 4.72. The normalized spacial score (nSPS) is 14.8. The molecule has 2 aromatic rings. The van der Waals surface area contributed by atoms with Gasteiger partial charge in [-0.2, -0.15) is 0 Å². The van der Waals surface area contributed by atoms with Crippen LogP contribution in [-0.2, 0) is 11.3 Å². The van der Waals surface area contributed by atoms with Crippen LogP contribution in [0.3, 0.4) is 0 Å². The van der Waals surface area contributed by atoms with Crippen LogP contribution < -0.4 is 10.6 Å². The van der Waals surface area contributed by atoms with E-state index >= 15 is 0 Å². The number of hydrogen-bond donors (Lipinski definition) is 2. The predicted molar refractivity (Wildman–Crippen MR) is 110 cm³/mol. The van der Waals surface area contributed by atoms with E-state index < -0.39 is 0 Å². The number of nitrogens with one attached hydrogen (secondary N) is 2. The van der Waals surface area contributed by atoms with Crippen molar-refractivity contribution in [2.45, 2.75) is 20.4 Å². The molecular formula is C21H27N5O2. The van der Waals surface area contributed by atoms with Crippen molar-refractivity contribution in [3.8, 4) is 0 Å². The Labute approximate surface area is 165 Å². The molecule has 0 aliphatic carbocycles. The molecule has 148 valence electrons. The lowest BCUT2D eigenvalue weighted by Gasteiger charge is -2.34. The maximum Gasteiger partial charge on any atom is 0.321 e. The Morgan fingerprint density at radius 3 is 2.21 bits per heavy atom. The first kappa shape index (κ1) is 19.8. The second-order valence-corrected chi connectivity index (χ2v) is 7.28. The molecule has 7 heteroatoms. The van der Waals surface area contributed by atoms with Crippen LogP contribution in [-0.4, -0.2) is 52.9 Å². The summed E-state index contributed by atoms with van der Waals surface area (Å²) in [5.74, 6) is -0.0999. The summed E-state index contributed by atoms with van der Waals surface area (Å²) < 4.78 is 0. The molecule has 1 aliphatic rings. The van der Waals surface area contributed by atoms with Crippen LogP contribution in [0.5, 0.6) is 0 Å². The van der Waals surface area contributed by atoms with E-state index in [4.69, 9.17) is 0 Å². The Morgan fingerprint density at radius 2 is 1.64 bits per heavy atom. The van der Waals surface area contributed by atoms with Gasteiger partial charge in [0.1, 0.15) is 0 Å². The summed E-state index contributed by atoms with van der Waals surface area (Å²) in [7, 11) is 0. The number of anilines is 2. The predicted octanol–water partition coefficient (Wildman–Crippen LogP) is 3.03. The van der Waals surface area contributed by atoms with Crippen molar-refractivity contribution in [2.24, 2.45) is 5.92 Å². The Balaban J connectivity index is 1.46. The lowest BCUT2D eigenvalue weighted by atomic mass is 10.2. The van der Waals surface area contributed by atoms with Crippen molar-refractivity contribution in [3.63, 3.8) is 0 Å². The van der Waals surface area contributed by atoms with Gasteiger partial charge >= 0.3 is 6.03 Å². The molecule has 3 amide bonds. The van der Waals surface area contributed by atoms with Crippen LogP contribution in [0.2, 0.25) is 0 Å². The number of pyridine rings is 1. The van der Waals surface area contributed by atoms with Crippen molar-refractivity contribution in [2.75, 3.05) is 36.8 Å². The van der Waals surface area contributed by atoms with Crippen molar-refractivity contribution in [1.82, 2.24) is 14.8 Å². The summed E-state index contributed by atoms with van der Waals surface area (Å²) in [6.45, 7) is 7.60. The molecule has 1 fully saturated rings. The van der Waals surface area contributed by atoms with Crippen LogP contribution in [0.1, 0.15) is 19.4 Å². The molecule has 0 unspecified atom stereocenters. The van der Waals surface area contributed by atoms with Crippen LogP contribution in [0.15, 0.2) is 48.8 Å². The number of nitrogens with zero attached hydrogens (tertiary/aromatic N) is 3. The van der Waals surface area contributed by atoms with Gasteiger partial charge in [-0.3, -0.25) is 14.7 Å². The average molecular weight is 381 g/mol. The van der Waals surface area contributed by atoms with E-state index in [1.54, 1.807) is 30.5 Å². The molecule has 2 N–H and O–H groups in total. The van der Waals surface area contributed by atoms with Gasteiger partial charge in [-0.05, 0) is 35.9 Å². The van der Waals surface area contributed by atoms with E-state index in [2.05, 4.69) is 26.6 Å².